The van der Waals surface area contributed by atoms with Crippen molar-refractivity contribution in [3.63, 3.8) is 0 Å². The van der Waals surface area contributed by atoms with Crippen molar-refractivity contribution in [2.75, 3.05) is 63.7 Å². The molecule has 0 radical (unpaired) electrons. The van der Waals surface area contributed by atoms with Crippen LogP contribution in [0.5, 0.6) is 17.2 Å². The number of nitrogens with one attached hydrogen (secondary N) is 1. The third-order valence-corrected chi connectivity index (χ3v) is 7.48. The number of hydrogen-bond acceptors (Lipinski definition) is 10. The van der Waals surface area contributed by atoms with Gasteiger partial charge in [-0.25, -0.2) is 9.78 Å². The number of hydrogen-bond donors (Lipinski definition) is 1. The highest BCUT2D eigenvalue weighted by Gasteiger charge is 2.22. The molecule has 11 nitrogen and oxygen atoms in total. The third-order valence-electron chi connectivity index (χ3n) is 7.48. The first-order chi connectivity index (χ1) is 21.4. The van der Waals surface area contributed by atoms with E-state index in [-0.39, 0.29) is 6.54 Å². The number of piperazine rings is 1. The topological polar surface area (TPSA) is 105 Å². The van der Waals surface area contributed by atoms with Gasteiger partial charge < -0.3 is 24.4 Å². The van der Waals surface area contributed by atoms with Gasteiger partial charge in [-0.3, -0.25) is 14.8 Å². The zero-order valence-electron chi connectivity index (χ0n) is 25.7. The lowest BCUT2D eigenvalue weighted by atomic mass is 10.1. The molecule has 0 unspecified atom stereocenters. The Labute approximate surface area is 258 Å². The molecule has 0 saturated carbocycles. The van der Waals surface area contributed by atoms with Gasteiger partial charge in [0.05, 0.1) is 13.7 Å². The molecule has 5 rings (SSSR count). The number of amides is 1. The minimum absolute atomic E-state index is 0.210. The first kappa shape index (κ1) is 30.7. The lowest BCUT2D eigenvalue weighted by molar-refractivity contribution is 0.133. The average Bonchev–Trinajstić information content (AvgIpc) is 3.03. The summed E-state index contributed by atoms with van der Waals surface area (Å²) in [6, 6.07) is 16.7. The van der Waals surface area contributed by atoms with Crippen LogP contribution in [0.2, 0.25) is 0 Å². The number of carbonyl (C=O) groups is 1. The monoisotopic (exact) mass is 597 g/mol. The Hall–Kier alpha value is -4.74. The van der Waals surface area contributed by atoms with Crippen molar-refractivity contribution in [3.05, 3.63) is 89.9 Å². The van der Waals surface area contributed by atoms with E-state index < -0.39 is 6.09 Å². The minimum Gasteiger partial charge on any atom is -0.493 e. The highest BCUT2D eigenvalue weighted by Crippen LogP contribution is 2.31. The number of pyridine rings is 1. The molecule has 1 N–H and O–H groups in total. The number of benzene rings is 2. The Morgan fingerprint density at radius 3 is 2.50 bits per heavy atom. The SMILES string of the molecule is COc1cc(Nc2nccc(N(Cc3cccnc3)C(=O)Oc3c(C)cccc3C)n2)ccc1OCCN1CCN(C)CC1. The van der Waals surface area contributed by atoms with Crippen LogP contribution < -0.4 is 24.4 Å². The Kier molecular flexibility index (Phi) is 10.2. The molecule has 11 heteroatoms. The van der Waals surface area contributed by atoms with Gasteiger partial charge in [0.1, 0.15) is 18.2 Å². The molecule has 0 bridgehead atoms. The van der Waals surface area contributed by atoms with Crippen molar-refractivity contribution >= 4 is 23.5 Å². The summed E-state index contributed by atoms with van der Waals surface area (Å²) in [5.74, 6) is 2.47. The van der Waals surface area contributed by atoms with Gasteiger partial charge in [-0.2, -0.15) is 4.98 Å². The summed E-state index contributed by atoms with van der Waals surface area (Å²) in [4.78, 5) is 33.0. The molecule has 1 amide bonds. The summed E-state index contributed by atoms with van der Waals surface area (Å²) in [6.07, 6.45) is 4.44. The molecule has 1 aliphatic rings. The fourth-order valence-corrected chi connectivity index (χ4v) is 4.93. The summed E-state index contributed by atoms with van der Waals surface area (Å²) < 4.78 is 17.6. The van der Waals surface area contributed by atoms with Crippen LogP contribution in [0.25, 0.3) is 0 Å². The second-order valence-corrected chi connectivity index (χ2v) is 10.8. The standard InChI is InChI=1S/C33H39N7O4/c1-24-7-5-8-25(2)31(24)44-33(41)40(23-26-9-6-13-34-22-26)30-12-14-35-32(37-30)36-27-10-11-28(29(21-27)42-4)43-20-19-39-17-15-38(3)16-18-39/h5-14,21-22H,15-20,23H2,1-4H3,(H,35,36,37). The van der Waals surface area contributed by atoms with E-state index in [1.54, 1.807) is 31.8 Å². The van der Waals surface area contributed by atoms with Crippen molar-refractivity contribution in [2.24, 2.45) is 0 Å². The largest absolute Gasteiger partial charge is 0.493 e. The predicted molar refractivity (Wildman–Crippen MR) is 170 cm³/mol. The smallest absolute Gasteiger partial charge is 0.421 e. The summed E-state index contributed by atoms with van der Waals surface area (Å²) >= 11 is 0. The molecule has 0 aliphatic carbocycles. The van der Waals surface area contributed by atoms with Gasteiger partial charge in [0.2, 0.25) is 5.95 Å². The van der Waals surface area contributed by atoms with E-state index in [1.165, 1.54) is 4.90 Å². The maximum Gasteiger partial charge on any atom is 0.421 e. The van der Waals surface area contributed by atoms with Crippen LogP contribution in [-0.4, -0.2) is 84.3 Å². The maximum absolute atomic E-state index is 13.6. The van der Waals surface area contributed by atoms with E-state index in [0.717, 1.165) is 49.4 Å². The molecule has 1 fully saturated rings. The normalized spacial score (nSPS) is 13.7. The van der Waals surface area contributed by atoms with Crippen LogP contribution in [-0.2, 0) is 6.54 Å². The first-order valence-electron chi connectivity index (χ1n) is 14.7. The van der Waals surface area contributed by atoms with Crippen molar-refractivity contribution in [1.82, 2.24) is 24.8 Å². The third kappa shape index (κ3) is 8.00. The average molecular weight is 598 g/mol. The number of nitrogens with zero attached hydrogens (tertiary/aromatic N) is 6. The van der Waals surface area contributed by atoms with Crippen LogP contribution in [0, 0.1) is 13.8 Å². The van der Waals surface area contributed by atoms with Gasteiger partial charge in [0.15, 0.2) is 11.5 Å². The van der Waals surface area contributed by atoms with E-state index in [4.69, 9.17) is 14.2 Å². The quantitative estimate of drug-likeness (QED) is 0.252. The van der Waals surface area contributed by atoms with E-state index in [1.807, 2.05) is 62.4 Å². The van der Waals surface area contributed by atoms with Gasteiger partial charge >= 0.3 is 6.09 Å². The highest BCUT2D eigenvalue weighted by molar-refractivity contribution is 5.88. The summed E-state index contributed by atoms with van der Waals surface area (Å²) in [5.41, 5.74) is 3.27. The number of ether oxygens (including phenoxy) is 3. The molecule has 0 atom stereocenters. The summed E-state index contributed by atoms with van der Waals surface area (Å²) in [5, 5.41) is 3.22. The molecule has 230 valence electrons. The fourth-order valence-electron chi connectivity index (χ4n) is 4.93. The molecule has 2 aromatic heterocycles. The van der Waals surface area contributed by atoms with E-state index in [9.17, 15) is 4.79 Å². The summed E-state index contributed by atoms with van der Waals surface area (Å²) in [7, 11) is 3.76. The Balaban J connectivity index is 1.30. The second-order valence-electron chi connectivity index (χ2n) is 10.8. The number of carbonyl (C=O) groups excluding carboxylic acids is 1. The molecule has 4 aromatic rings. The fraction of sp³-hybridized carbons (Fsp3) is 0.333. The number of para-hydroxylation sites is 1. The van der Waals surface area contributed by atoms with E-state index in [0.29, 0.717) is 41.3 Å². The van der Waals surface area contributed by atoms with Crippen molar-refractivity contribution in [2.45, 2.75) is 20.4 Å². The second kappa shape index (κ2) is 14.6. The van der Waals surface area contributed by atoms with Gasteiger partial charge in [-0.15, -0.1) is 0 Å². The van der Waals surface area contributed by atoms with Crippen LogP contribution in [0.3, 0.4) is 0 Å². The predicted octanol–water partition coefficient (Wildman–Crippen LogP) is 5.07. The van der Waals surface area contributed by atoms with Crippen LogP contribution in [0.4, 0.5) is 22.2 Å². The minimum atomic E-state index is -0.560. The Morgan fingerprint density at radius 1 is 0.977 bits per heavy atom. The Bertz CT molecular complexity index is 1520. The molecule has 3 heterocycles. The first-order valence-corrected chi connectivity index (χ1v) is 14.7. The lowest BCUT2D eigenvalue weighted by Gasteiger charge is -2.32. The highest BCUT2D eigenvalue weighted by atomic mass is 16.6. The number of methoxy groups -OCH3 is 1. The van der Waals surface area contributed by atoms with E-state index >= 15 is 0 Å². The van der Waals surface area contributed by atoms with Crippen molar-refractivity contribution < 1.29 is 19.0 Å². The molecular formula is C33H39N7O4. The molecule has 0 spiro atoms. The van der Waals surface area contributed by atoms with Crippen molar-refractivity contribution in [1.29, 1.82) is 0 Å². The summed E-state index contributed by atoms with van der Waals surface area (Å²) in [6.45, 7) is 9.69. The van der Waals surface area contributed by atoms with Crippen LogP contribution >= 0.6 is 0 Å². The number of rotatable bonds is 11. The zero-order valence-corrected chi connectivity index (χ0v) is 25.7. The maximum atomic E-state index is 13.6. The number of aromatic nitrogens is 3. The van der Waals surface area contributed by atoms with Gasteiger partial charge in [0.25, 0.3) is 0 Å². The number of likely N-dealkylation sites (N-methyl/N-ethyl adjacent to an activating group) is 1. The lowest BCUT2D eigenvalue weighted by Crippen LogP contribution is -2.45. The van der Waals surface area contributed by atoms with Crippen molar-refractivity contribution in [3.8, 4) is 17.2 Å². The van der Waals surface area contributed by atoms with E-state index in [2.05, 4.69) is 37.1 Å². The van der Waals surface area contributed by atoms with Crippen LogP contribution in [0.15, 0.2) is 73.2 Å². The number of anilines is 3. The number of aryl methyl sites for hydroxylation is 2. The molecular weight excluding hydrogens is 558 g/mol. The zero-order chi connectivity index (χ0) is 30.9. The van der Waals surface area contributed by atoms with Gasteiger partial charge in [-0.1, -0.05) is 24.3 Å². The molecule has 1 aliphatic heterocycles. The molecule has 44 heavy (non-hydrogen) atoms. The van der Waals surface area contributed by atoms with Crippen LogP contribution in [0.1, 0.15) is 16.7 Å². The Morgan fingerprint density at radius 2 is 1.77 bits per heavy atom. The molecule has 1 saturated heterocycles. The molecule has 2 aromatic carbocycles. The van der Waals surface area contributed by atoms with Gasteiger partial charge in [-0.05, 0) is 61.9 Å². The van der Waals surface area contributed by atoms with Gasteiger partial charge in [0, 0.05) is 63.1 Å².